The molecule has 0 aromatic carbocycles. The van der Waals surface area contributed by atoms with Crippen molar-refractivity contribution in [1.29, 1.82) is 0 Å². The van der Waals surface area contributed by atoms with Gasteiger partial charge in [0.25, 0.3) is 0 Å². The number of unbranched alkanes of at least 4 members (excludes halogenated alkanes) is 12. The minimum atomic E-state index is 0.262. The van der Waals surface area contributed by atoms with Crippen molar-refractivity contribution in [2.45, 2.75) is 130 Å². The predicted molar refractivity (Wildman–Crippen MR) is 112 cm³/mol. The first-order valence-corrected chi connectivity index (χ1v) is 11.5. The van der Waals surface area contributed by atoms with Crippen molar-refractivity contribution < 1.29 is 4.79 Å². The Morgan fingerprint density at radius 2 is 1.00 bits per heavy atom. The van der Waals surface area contributed by atoms with Crippen molar-refractivity contribution in [3.05, 3.63) is 0 Å². The molecule has 150 valence electrons. The van der Waals surface area contributed by atoms with Crippen LogP contribution >= 0.6 is 0 Å². The first kappa shape index (κ1) is 24.5. The van der Waals surface area contributed by atoms with E-state index in [9.17, 15) is 4.79 Å². The van der Waals surface area contributed by atoms with Gasteiger partial charge < -0.3 is 5.32 Å². The van der Waals surface area contributed by atoms with E-state index in [-0.39, 0.29) is 5.92 Å². The molecule has 0 bridgehead atoms. The van der Waals surface area contributed by atoms with E-state index in [1.807, 2.05) is 0 Å². The van der Waals surface area contributed by atoms with Gasteiger partial charge in [-0.3, -0.25) is 4.79 Å². The lowest BCUT2D eigenvalue weighted by Gasteiger charge is -2.17. The van der Waals surface area contributed by atoms with Crippen LogP contribution in [0.5, 0.6) is 0 Å². The lowest BCUT2D eigenvalue weighted by atomic mass is 9.93. The molecule has 0 saturated carbocycles. The van der Waals surface area contributed by atoms with E-state index in [4.69, 9.17) is 0 Å². The number of carbonyl (C=O) groups excluding carboxylic acids is 1. The third kappa shape index (κ3) is 16.7. The molecule has 0 fully saturated rings. The molecule has 0 aliphatic rings. The molecule has 0 radical (unpaired) electrons. The lowest BCUT2D eigenvalue weighted by molar-refractivity contribution is -0.125. The van der Waals surface area contributed by atoms with E-state index >= 15 is 0 Å². The van der Waals surface area contributed by atoms with Crippen LogP contribution < -0.4 is 5.32 Å². The normalized spacial score (nSPS) is 12.3. The first-order valence-electron chi connectivity index (χ1n) is 11.5. The van der Waals surface area contributed by atoms with Gasteiger partial charge in [0.1, 0.15) is 0 Å². The van der Waals surface area contributed by atoms with Gasteiger partial charge in [-0.05, 0) is 19.3 Å². The fraction of sp³-hybridized carbons (Fsp3) is 0.957. The summed E-state index contributed by atoms with van der Waals surface area (Å²) in [4.78, 5) is 12.5. The standard InChI is InChI=1S/C23H47NO/c1-4-7-10-12-13-14-17-20-22(19-16-9-6-3)23(25)24-21-18-15-11-8-5-2/h22H,4-21H2,1-3H3,(H,24,25)/t22-/m0/s1. The summed E-state index contributed by atoms with van der Waals surface area (Å²) >= 11 is 0. The van der Waals surface area contributed by atoms with E-state index in [2.05, 4.69) is 26.1 Å². The van der Waals surface area contributed by atoms with E-state index < -0.39 is 0 Å². The number of amides is 1. The predicted octanol–water partition coefficient (Wildman–Crippen LogP) is 7.41. The van der Waals surface area contributed by atoms with Crippen molar-refractivity contribution in [1.82, 2.24) is 5.32 Å². The van der Waals surface area contributed by atoms with Crippen LogP contribution in [0.4, 0.5) is 0 Å². The second-order valence-corrected chi connectivity index (χ2v) is 7.81. The molecule has 0 heterocycles. The molecule has 0 unspecified atom stereocenters. The minimum Gasteiger partial charge on any atom is -0.356 e. The summed E-state index contributed by atoms with van der Waals surface area (Å²) < 4.78 is 0. The summed E-state index contributed by atoms with van der Waals surface area (Å²) in [7, 11) is 0. The van der Waals surface area contributed by atoms with Crippen LogP contribution in [0.3, 0.4) is 0 Å². The number of nitrogens with one attached hydrogen (secondary N) is 1. The maximum Gasteiger partial charge on any atom is 0.223 e. The molecule has 1 atom stereocenters. The SMILES string of the molecule is CCCCCCCCC[C@H](CCCCC)C(=O)NCCCCCCC. The highest BCUT2D eigenvalue weighted by Crippen LogP contribution is 2.19. The Hall–Kier alpha value is -0.530. The summed E-state index contributed by atoms with van der Waals surface area (Å²) in [6.45, 7) is 7.63. The van der Waals surface area contributed by atoms with Crippen LogP contribution in [-0.2, 0) is 4.79 Å². The van der Waals surface area contributed by atoms with Gasteiger partial charge in [-0.2, -0.15) is 0 Å². The summed E-state index contributed by atoms with van der Waals surface area (Å²) in [5, 5.41) is 3.22. The van der Waals surface area contributed by atoms with Crippen LogP contribution in [0, 0.1) is 5.92 Å². The molecule has 0 aromatic rings. The van der Waals surface area contributed by atoms with Crippen LogP contribution in [0.25, 0.3) is 0 Å². The lowest BCUT2D eigenvalue weighted by Crippen LogP contribution is -2.31. The minimum absolute atomic E-state index is 0.262. The zero-order valence-corrected chi connectivity index (χ0v) is 17.7. The average Bonchev–Trinajstić information content (AvgIpc) is 2.62. The Kier molecular flexibility index (Phi) is 19.4. The number of carbonyl (C=O) groups is 1. The third-order valence-corrected chi connectivity index (χ3v) is 5.26. The molecule has 0 spiro atoms. The van der Waals surface area contributed by atoms with Gasteiger partial charge in [0, 0.05) is 12.5 Å². The summed E-state index contributed by atoms with van der Waals surface area (Å²) in [6, 6.07) is 0. The van der Waals surface area contributed by atoms with Crippen LogP contribution in [-0.4, -0.2) is 12.5 Å². The highest BCUT2D eigenvalue weighted by molar-refractivity contribution is 5.78. The molecule has 2 nitrogen and oxygen atoms in total. The second-order valence-electron chi connectivity index (χ2n) is 7.81. The molecule has 0 rings (SSSR count). The molecule has 0 saturated heterocycles. The van der Waals surface area contributed by atoms with Crippen molar-refractivity contribution >= 4 is 5.91 Å². The maximum atomic E-state index is 12.5. The van der Waals surface area contributed by atoms with E-state index in [1.165, 1.54) is 89.9 Å². The Bertz CT molecular complexity index is 277. The Balaban J connectivity index is 3.90. The quantitative estimate of drug-likeness (QED) is 0.241. The molecule has 0 aromatic heterocycles. The molecular formula is C23H47NO. The van der Waals surface area contributed by atoms with Crippen LogP contribution in [0.15, 0.2) is 0 Å². The van der Waals surface area contributed by atoms with Gasteiger partial charge in [0.15, 0.2) is 0 Å². The maximum absolute atomic E-state index is 12.5. The molecule has 2 heteroatoms. The highest BCUT2D eigenvalue weighted by Gasteiger charge is 2.17. The fourth-order valence-electron chi connectivity index (χ4n) is 3.48. The monoisotopic (exact) mass is 353 g/mol. The topological polar surface area (TPSA) is 29.1 Å². The van der Waals surface area contributed by atoms with Crippen LogP contribution in [0.1, 0.15) is 130 Å². The largest absolute Gasteiger partial charge is 0.356 e. The van der Waals surface area contributed by atoms with E-state index in [0.717, 1.165) is 25.8 Å². The van der Waals surface area contributed by atoms with Gasteiger partial charge in [-0.15, -0.1) is 0 Å². The Morgan fingerprint density at radius 1 is 0.600 bits per heavy atom. The fourth-order valence-corrected chi connectivity index (χ4v) is 3.48. The van der Waals surface area contributed by atoms with E-state index in [0.29, 0.717) is 5.91 Å². The Morgan fingerprint density at radius 3 is 1.56 bits per heavy atom. The molecule has 25 heavy (non-hydrogen) atoms. The highest BCUT2D eigenvalue weighted by atomic mass is 16.1. The zero-order chi connectivity index (χ0) is 18.6. The van der Waals surface area contributed by atoms with Gasteiger partial charge in [0.05, 0.1) is 0 Å². The van der Waals surface area contributed by atoms with Crippen molar-refractivity contribution in [2.75, 3.05) is 6.54 Å². The summed E-state index contributed by atoms with van der Waals surface area (Å²) in [5.74, 6) is 0.593. The van der Waals surface area contributed by atoms with Gasteiger partial charge in [0.2, 0.25) is 5.91 Å². The van der Waals surface area contributed by atoms with Crippen LogP contribution in [0.2, 0.25) is 0 Å². The molecule has 1 amide bonds. The summed E-state index contributed by atoms with van der Waals surface area (Å²) in [6.07, 6.45) is 21.5. The van der Waals surface area contributed by atoms with Crippen molar-refractivity contribution in [3.63, 3.8) is 0 Å². The van der Waals surface area contributed by atoms with Gasteiger partial charge in [-0.25, -0.2) is 0 Å². The molecule has 0 aliphatic carbocycles. The number of hydrogen-bond acceptors (Lipinski definition) is 1. The summed E-state index contributed by atoms with van der Waals surface area (Å²) in [5.41, 5.74) is 0. The third-order valence-electron chi connectivity index (χ3n) is 5.26. The number of hydrogen-bond donors (Lipinski definition) is 1. The smallest absolute Gasteiger partial charge is 0.223 e. The zero-order valence-electron chi connectivity index (χ0n) is 17.7. The molecular weight excluding hydrogens is 306 g/mol. The van der Waals surface area contributed by atoms with Crippen molar-refractivity contribution in [2.24, 2.45) is 5.92 Å². The van der Waals surface area contributed by atoms with Gasteiger partial charge >= 0.3 is 0 Å². The van der Waals surface area contributed by atoms with E-state index in [1.54, 1.807) is 0 Å². The van der Waals surface area contributed by atoms with Crippen molar-refractivity contribution in [3.8, 4) is 0 Å². The molecule has 1 N–H and O–H groups in total. The first-order chi connectivity index (χ1) is 12.3. The number of rotatable bonds is 19. The Labute approximate surface area is 158 Å². The average molecular weight is 354 g/mol. The second kappa shape index (κ2) is 19.8. The molecule has 0 aliphatic heterocycles. The van der Waals surface area contributed by atoms with Gasteiger partial charge in [-0.1, -0.05) is 111 Å².